The van der Waals surface area contributed by atoms with Crippen LogP contribution in [0.15, 0.2) is 71.5 Å². The van der Waals surface area contributed by atoms with E-state index in [1.807, 2.05) is 0 Å². The summed E-state index contributed by atoms with van der Waals surface area (Å²) >= 11 is 3.47. The molecule has 1 aliphatic heterocycles. The summed E-state index contributed by atoms with van der Waals surface area (Å²) in [5, 5.41) is 0. The van der Waals surface area contributed by atoms with E-state index in [2.05, 4.69) is 92.7 Å². The zero-order valence-electron chi connectivity index (χ0n) is 11.6. The zero-order valence-corrected chi connectivity index (χ0v) is 14.8. The minimum Gasteiger partial charge on any atom is -1.00 e. The van der Waals surface area contributed by atoms with Gasteiger partial charge >= 0.3 is 0 Å². The lowest BCUT2D eigenvalue weighted by atomic mass is 10.2. The molecule has 0 bridgehead atoms. The van der Waals surface area contributed by atoms with E-state index >= 15 is 0 Å². The second-order valence-corrected chi connectivity index (χ2v) is 5.96. The quantitative estimate of drug-likeness (QED) is 0.750. The van der Waals surface area contributed by atoms with Crippen LogP contribution in [0.3, 0.4) is 0 Å². The van der Waals surface area contributed by atoms with Crippen molar-refractivity contribution >= 4 is 15.9 Å². The van der Waals surface area contributed by atoms with Crippen LogP contribution in [0.5, 0.6) is 0 Å². The van der Waals surface area contributed by atoms with Crippen molar-refractivity contribution in [3.63, 3.8) is 0 Å². The summed E-state index contributed by atoms with van der Waals surface area (Å²) in [6.07, 6.45) is 4.34. The van der Waals surface area contributed by atoms with Gasteiger partial charge in [0.15, 0.2) is 0 Å². The fraction of sp³-hybridized carbons (Fsp3) is 0.176. The third-order valence-corrected chi connectivity index (χ3v) is 3.91. The van der Waals surface area contributed by atoms with Crippen molar-refractivity contribution < 1.29 is 17.0 Å². The minimum absolute atomic E-state index is 0. The van der Waals surface area contributed by atoms with E-state index in [0.29, 0.717) is 0 Å². The SMILES string of the molecule is Brc1ccc(CN2C=CN(Cc3ccccc3)C2)cc1.[Br-]. The third-order valence-electron chi connectivity index (χ3n) is 3.38. The van der Waals surface area contributed by atoms with Gasteiger partial charge in [0, 0.05) is 30.0 Å². The molecule has 110 valence electrons. The van der Waals surface area contributed by atoms with E-state index in [0.717, 1.165) is 24.2 Å². The molecule has 0 fully saturated rings. The number of rotatable bonds is 4. The largest absolute Gasteiger partial charge is 1.00 e. The first-order valence-corrected chi connectivity index (χ1v) is 7.54. The molecule has 2 aromatic rings. The molecule has 0 saturated heterocycles. The number of benzene rings is 2. The summed E-state index contributed by atoms with van der Waals surface area (Å²) in [7, 11) is 0. The standard InChI is InChI=1S/C17H17BrN2.BrH/c18-17-8-6-16(7-9-17)13-20-11-10-19(14-20)12-15-4-2-1-3-5-15;/h1-11H,12-14H2;1H/p-1. The summed E-state index contributed by atoms with van der Waals surface area (Å²) < 4.78 is 1.13. The van der Waals surface area contributed by atoms with Crippen molar-refractivity contribution in [3.05, 3.63) is 82.6 Å². The second-order valence-electron chi connectivity index (χ2n) is 5.05. The summed E-state index contributed by atoms with van der Waals surface area (Å²) in [5.41, 5.74) is 2.68. The molecule has 0 amide bonds. The van der Waals surface area contributed by atoms with Gasteiger partial charge in [-0.2, -0.15) is 0 Å². The average molecular weight is 409 g/mol. The van der Waals surface area contributed by atoms with E-state index in [-0.39, 0.29) is 17.0 Å². The van der Waals surface area contributed by atoms with Crippen molar-refractivity contribution in [2.75, 3.05) is 6.67 Å². The van der Waals surface area contributed by atoms with Gasteiger partial charge in [-0.1, -0.05) is 58.4 Å². The van der Waals surface area contributed by atoms with Crippen LogP contribution in [0.2, 0.25) is 0 Å². The highest BCUT2D eigenvalue weighted by atomic mass is 79.9. The van der Waals surface area contributed by atoms with Crippen molar-refractivity contribution in [2.45, 2.75) is 13.1 Å². The molecule has 21 heavy (non-hydrogen) atoms. The highest BCUT2D eigenvalue weighted by Gasteiger charge is 2.12. The molecule has 3 rings (SSSR count). The van der Waals surface area contributed by atoms with Crippen LogP contribution in [0.1, 0.15) is 11.1 Å². The number of hydrogen-bond acceptors (Lipinski definition) is 2. The van der Waals surface area contributed by atoms with E-state index in [1.54, 1.807) is 0 Å². The predicted octanol–water partition coefficient (Wildman–Crippen LogP) is 1.20. The third kappa shape index (κ3) is 4.61. The molecule has 4 heteroatoms. The van der Waals surface area contributed by atoms with Crippen LogP contribution in [0.4, 0.5) is 0 Å². The molecule has 0 aliphatic carbocycles. The lowest BCUT2D eigenvalue weighted by Gasteiger charge is -2.21. The Morgan fingerprint density at radius 2 is 1.29 bits per heavy atom. The van der Waals surface area contributed by atoms with Crippen molar-refractivity contribution in [1.82, 2.24) is 9.80 Å². The van der Waals surface area contributed by atoms with Crippen LogP contribution in [-0.4, -0.2) is 16.5 Å². The molecule has 0 unspecified atom stereocenters. The molecular weight excluding hydrogens is 392 g/mol. The molecule has 2 aromatic carbocycles. The Balaban J connectivity index is 0.00000161. The van der Waals surface area contributed by atoms with Gasteiger partial charge in [0.2, 0.25) is 0 Å². The van der Waals surface area contributed by atoms with Gasteiger partial charge in [0.05, 0.1) is 6.67 Å². The van der Waals surface area contributed by atoms with E-state index in [9.17, 15) is 0 Å². The monoisotopic (exact) mass is 407 g/mol. The number of nitrogens with zero attached hydrogens (tertiary/aromatic N) is 2. The molecule has 1 aliphatic rings. The number of hydrogen-bond donors (Lipinski definition) is 0. The first-order chi connectivity index (χ1) is 9.79. The molecule has 0 radical (unpaired) electrons. The maximum Gasteiger partial charge on any atom is 0.0900 e. The van der Waals surface area contributed by atoms with Crippen molar-refractivity contribution in [1.29, 1.82) is 0 Å². The Labute approximate surface area is 145 Å². The van der Waals surface area contributed by atoms with E-state index in [4.69, 9.17) is 0 Å². The Hall–Kier alpha value is -1.26. The van der Waals surface area contributed by atoms with Crippen molar-refractivity contribution in [2.24, 2.45) is 0 Å². The van der Waals surface area contributed by atoms with Crippen LogP contribution in [0, 0.1) is 0 Å². The average Bonchev–Trinajstić information content (AvgIpc) is 2.90. The zero-order chi connectivity index (χ0) is 13.8. The normalized spacial score (nSPS) is 13.4. The van der Waals surface area contributed by atoms with Gasteiger partial charge in [0.1, 0.15) is 0 Å². The summed E-state index contributed by atoms with van der Waals surface area (Å²) in [6, 6.07) is 19.1. The molecule has 0 saturated carbocycles. The van der Waals surface area contributed by atoms with Gasteiger partial charge in [-0.15, -0.1) is 0 Å². The maximum absolute atomic E-state index is 3.47. The lowest BCUT2D eigenvalue weighted by Crippen LogP contribution is -3.00. The van der Waals surface area contributed by atoms with Crippen LogP contribution < -0.4 is 17.0 Å². The van der Waals surface area contributed by atoms with Crippen molar-refractivity contribution in [3.8, 4) is 0 Å². The van der Waals surface area contributed by atoms with E-state index < -0.39 is 0 Å². The highest BCUT2D eigenvalue weighted by molar-refractivity contribution is 9.10. The molecule has 0 atom stereocenters. The smallest absolute Gasteiger partial charge is 0.0900 e. The fourth-order valence-electron chi connectivity index (χ4n) is 2.36. The van der Waals surface area contributed by atoms with Gasteiger partial charge in [-0.25, -0.2) is 0 Å². The predicted molar refractivity (Wildman–Crippen MR) is 85.7 cm³/mol. The number of halogens is 2. The van der Waals surface area contributed by atoms with Crippen LogP contribution in [-0.2, 0) is 13.1 Å². The topological polar surface area (TPSA) is 6.48 Å². The maximum atomic E-state index is 3.47. The Morgan fingerprint density at radius 1 is 0.762 bits per heavy atom. The summed E-state index contributed by atoms with van der Waals surface area (Å²) in [4.78, 5) is 4.65. The van der Waals surface area contributed by atoms with Gasteiger partial charge in [0.25, 0.3) is 0 Å². The molecule has 0 spiro atoms. The minimum atomic E-state index is 0. The Bertz CT molecular complexity index is 581. The second kappa shape index (κ2) is 7.66. The summed E-state index contributed by atoms with van der Waals surface area (Å²) in [5.74, 6) is 0. The van der Waals surface area contributed by atoms with Gasteiger partial charge in [-0.05, 0) is 23.3 Å². The molecular formula is C17H17Br2N2-. The fourth-order valence-corrected chi connectivity index (χ4v) is 2.63. The van der Waals surface area contributed by atoms with Gasteiger partial charge < -0.3 is 26.8 Å². The van der Waals surface area contributed by atoms with Crippen LogP contribution >= 0.6 is 15.9 Å². The van der Waals surface area contributed by atoms with Crippen LogP contribution in [0.25, 0.3) is 0 Å². The Kier molecular flexibility index (Phi) is 5.88. The molecule has 2 nitrogen and oxygen atoms in total. The molecule has 0 N–H and O–H groups in total. The Morgan fingerprint density at radius 3 is 1.86 bits per heavy atom. The lowest BCUT2D eigenvalue weighted by molar-refractivity contribution is -0.00000391. The first-order valence-electron chi connectivity index (χ1n) is 6.74. The molecule has 1 heterocycles. The first kappa shape index (κ1) is 16.1. The van der Waals surface area contributed by atoms with E-state index in [1.165, 1.54) is 11.1 Å². The summed E-state index contributed by atoms with van der Waals surface area (Å²) in [6.45, 7) is 2.87. The highest BCUT2D eigenvalue weighted by Crippen LogP contribution is 2.16. The van der Waals surface area contributed by atoms with Gasteiger partial charge in [-0.3, -0.25) is 0 Å². The molecule has 0 aromatic heterocycles.